The van der Waals surface area contributed by atoms with Gasteiger partial charge in [0.25, 0.3) is 0 Å². The van der Waals surface area contributed by atoms with Gasteiger partial charge in [0.1, 0.15) is 5.54 Å². The summed E-state index contributed by atoms with van der Waals surface area (Å²) in [5.74, 6) is 0.359. The maximum atomic E-state index is 12.4. The fraction of sp³-hybridized carbons (Fsp3) is 0.938. The summed E-state index contributed by atoms with van der Waals surface area (Å²) in [6.45, 7) is 5.53. The topological polar surface area (TPSA) is 44.8 Å². The second-order valence-corrected chi connectivity index (χ2v) is 6.91. The quantitative estimate of drug-likeness (QED) is 0.731. The minimum Gasteiger partial charge on any atom is -0.468 e. The molecule has 3 aliphatic rings. The lowest BCUT2D eigenvalue weighted by Crippen LogP contribution is -2.60. The van der Waals surface area contributed by atoms with Crippen molar-refractivity contribution in [3.05, 3.63) is 0 Å². The lowest BCUT2D eigenvalue weighted by molar-refractivity contribution is -0.150. The van der Waals surface area contributed by atoms with E-state index < -0.39 is 5.54 Å². The molecule has 3 fully saturated rings. The van der Waals surface area contributed by atoms with Gasteiger partial charge in [-0.25, -0.2) is 4.79 Å². The van der Waals surface area contributed by atoms with Crippen molar-refractivity contribution >= 4 is 5.97 Å². The van der Waals surface area contributed by atoms with Crippen LogP contribution in [-0.2, 0) is 9.53 Å². The SMILES string of the molecule is CNC(CN1CCC(N2CCCC2)C1)(C(=O)OC)C1CC1. The first-order valence-corrected chi connectivity index (χ1v) is 8.43. The molecule has 0 radical (unpaired) electrons. The molecule has 0 bridgehead atoms. The Balaban J connectivity index is 1.62. The summed E-state index contributed by atoms with van der Waals surface area (Å²) in [5.41, 5.74) is -0.491. The first-order chi connectivity index (χ1) is 10.2. The number of carbonyl (C=O) groups excluding carboxylic acids is 1. The van der Waals surface area contributed by atoms with E-state index in [0.29, 0.717) is 12.0 Å². The van der Waals surface area contributed by atoms with Gasteiger partial charge in [-0.05, 0) is 64.7 Å². The molecule has 0 spiro atoms. The van der Waals surface area contributed by atoms with Crippen molar-refractivity contribution in [1.82, 2.24) is 15.1 Å². The number of ether oxygens (including phenoxy) is 1. The summed E-state index contributed by atoms with van der Waals surface area (Å²) in [5, 5.41) is 3.31. The fourth-order valence-corrected chi connectivity index (χ4v) is 4.22. The molecule has 3 rings (SSSR count). The van der Waals surface area contributed by atoms with Crippen LogP contribution in [0.3, 0.4) is 0 Å². The van der Waals surface area contributed by atoms with Crippen molar-refractivity contribution in [2.75, 3.05) is 46.9 Å². The van der Waals surface area contributed by atoms with Crippen molar-refractivity contribution in [2.24, 2.45) is 5.92 Å². The Morgan fingerprint density at radius 3 is 2.52 bits per heavy atom. The first kappa shape index (κ1) is 15.3. The molecule has 2 heterocycles. The van der Waals surface area contributed by atoms with Crippen LogP contribution in [0.4, 0.5) is 0 Å². The molecule has 0 amide bonds. The molecule has 21 heavy (non-hydrogen) atoms. The highest BCUT2D eigenvalue weighted by Crippen LogP contribution is 2.41. The Bertz CT molecular complexity index is 380. The number of nitrogens with one attached hydrogen (secondary N) is 1. The van der Waals surface area contributed by atoms with Crippen molar-refractivity contribution in [2.45, 2.75) is 43.7 Å². The Kier molecular flexibility index (Phi) is 4.52. The molecule has 0 aromatic carbocycles. The predicted molar refractivity (Wildman–Crippen MR) is 82.2 cm³/mol. The molecule has 1 saturated carbocycles. The van der Waals surface area contributed by atoms with Gasteiger partial charge in [0.2, 0.25) is 0 Å². The van der Waals surface area contributed by atoms with Gasteiger partial charge in [-0.3, -0.25) is 9.80 Å². The van der Waals surface area contributed by atoms with Crippen LogP contribution in [0.1, 0.15) is 32.1 Å². The van der Waals surface area contributed by atoms with E-state index in [-0.39, 0.29) is 5.97 Å². The van der Waals surface area contributed by atoms with Gasteiger partial charge < -0.3 is 10.1 Å². The second kappa shape index (κ2) is 6.23. The Labute approximate surface area is 128 Å². The van der Waals surface area contributed by atoms with Gasteiger partial charge in [0.05, 0.1) is 7.11 Å². The summed E-state index contributed by atoms with van der Waals surface area (Å²) in [6, 6.07) is 0.693. The van der Waals surface area contributed by atoms with Crippen LogP contribution in [0.5, 0.6) is 0 Å². The number of methoxy groups -OCH3 is 1. The lowest BCUT2D eigenvalue weighted by Gasteiger charge is -2.35. The maximum absolute atomic E-state index is 12.4. The molecule has 5 nitrogen and oxygen atoms in total. The molecule has 1 aliphatic carbocycles. The van der Waals surface area contributed by atoms with Crippen LogP contribution in [0, 0.1) is 5.92 Å². The average molecular weight is 295 g/mol. The van der Waals surface area contributed by atoms with Crippen molar-refractivity contribution in [3.63, 3.8) is 0 Å². The normalized spacial score (nSPS) is 30.5. The van der Waals surface area contributed by atoms with E-state index >= 15 is 0 Å². The van der Waals surface area contributed by atoms with Crippen LogP contribution in [0.2, 0.25) is 0 Å². The zero-order valence-corrected chi connectivity index (χ0v) is 13.4. The third kappa shape index (κ3) is 2.96. The molecular formula is C16H29N3O2. The van der Waals surface area contributed by atoms with Gasteiger partial charge in [0, 0.05) is 19.1 Å². The molecule has 2 atom stereocenters. The van der Waals surface area contributed by atoms with Crippen LogP contribution < -0.4 is 5.32 Å². The summed E-state index contributed by atoms with van der Waals surface area (Å²) < 4.78 is 5.11. The largest absolute Gasteiger partial charge is 0.468 e. The third-order valence-corrected chi connectivity index (χ3v) is 5.65. The highest BCUT2D eigenvalue weighted by Gasteiger charge is 2.52. The Morgan fingerprint density at radius 1 is 1.24 bits per heavy atom. The average Bonchev–Trinajstić information content (AvgIpc) is 3.04. The van der Waals surface area contributed by atoms with Gasteiger partial charge in [-0.2, -0.15) is 0 Å². The molecule has 0 aromatic rings. The number of rotatable bonds is 6. The molecule has 5 heteroatoms. The van der Waals surface area contributed by atoms with Gasteiger partial charge in [-0.1, -0.05) is 0 Å². The van der Waals surface area contributed by atoms with Crippen molar-refractivity contribution in [1.29, 1.82) is 0 Å². The first-order valence-electron chi connectivity index (χ1n) is 8.43. The van der Waals surface area contributed by atoms with E-state index in [4.69, 9.17) is 4.74 Å². The minimum atomic E-state index is -0.491. The summed E-state index contributed by atoms with van der Waals surface area (Å²) in [7, 11) is 3.41. The molecule has 0 aromatic heterocycles. The molecule has 2 aliphatic heterocycles. The monoisotopic (exact) mass is 295 g/mol. The number of esters is 1. The zero-order chi connectivity index (χ0) is 14.9. The predicted octanol–water partition coefficient (Wildman–Crippen LogP) is 0.698. The molecule has 2 unspecified atom stereocenters. The number of likely N-dealkylation sites (tertiary alicyclic amines) is 2. The molecule has 2 saturated heterocycles. The van der Waals surface area contributed by atoms with E-state index in [1.54, 1.807) is 0 Å². The summed E-state index contributed by atoms with van der Waals surface area (Å²) >= 11 is 0. The van der Waals surface area contributed by atoms with E-state index in [9.17, 15) is 4.79 Å². The van der Waals surface area contributed by atoms with E-state index in [1.807, 2.05) is 7.05 Å². The second-order valence-electron chi connectivity index (χ2n) is 6.91. The minimum absolute atomic E-state index is 0.0860. The van der Waals surface area contributed by atoms with E-state index in [0.717, 1.165) is 32.5 Å². The highest BCUT2D eigenvalue weighted by atomic mass is 16.5. The standard InChI is InChI=1S/C16H29N3O2/c1-17-16(13-5-6-13,15(20)21-2)12-18-10-7-14(11-18)19-8-3-4-9-19/h13-14,17H,3-12H2,1-2H3. The van der Waals surface area contributed by atoms with E-state index in [2.05, 4.69) is 15.1 Å². The molecular weight excluding hydrogens is 266 g/mol. The molecule has 120 valence electrons. The van der Waals surface area contributed by atoms with Crippen molar-refractivity contribution < 1.29 is 9.53 Å². The van der Waals surface area contributed by atoms with Crippen molar-refractivity contribution in [3.8, 4) is 0 Å². The Morgan fingerprint density at radius 2 is 1.95 bits per heavy atom. The highest BCUT2D eigenvalue weighted by molar-refractivity contribution is 5.82. The van der Waals surface area contributed by atoms with Crippen LogP contribution in [0.25, 0.3) is 0 Å². The third-order valence-electron chi connectivity index (χ3n) is 5.65. The number of likely N-dealkylation sites (N-methyl/N-ethyl adjacent to an activating group) is 1. The number of hydrogen-bond donors (Lipinski definition) is 1. The van der Waals surface area contributed by atoms with Crippen LogP contribution >= 0.6 is 0 Å². The van der Waals surface area contributed by atoms with Gasteiger partial charge in [0.15, 0.2) is 0 Å². The maximum Gasteiger partial charge on any atom is 0.327 e. The fourth-order valence-electron chi connectivity index (χ4n) is 4.22. The molecule has 1 N–H and O–H groups in total. The van der Waals surface area contributed by atoms with Crippen LogP contribution in [-0.4, -0.2) is 74.2 Å². The zero-order valence-electron chi connectivity index (χ0n) is 13.4. The van der Waals surface area contributed by atoms with Gasteiger partial charge in [-0.15, -0.1) is 0 Å². The van der Waals surface area contributed by atoms with Gasteiger partial charge >= 0.3 is 5.97 Å². The lowest BCUT2D eigenvalue weighted by atomic mass is 9.92. The number of nitrogens with zero attached hydrogens (tertiary/aromatic N) is 2. The number of carbonyl (C=O) groups is 1. The van der Waals surface area contributed by atoms with E-state index in [1.165, 1.54) is 39.5 Å². The Hall–Kier alpha value is -0.650. The van der Waals surface area contributed by atoms with Crippen LogP contribution in [0.15, 0.2) is 0 Å². The summed E-state index contributed by atoms with van der Waals surface area (Å²) in [4.78, 5) is 17.5. The smallest absolute Gasteiger partial charge is 0.327 e. The summed E-state index contributed by atoms with van der Waals surface area (Å²) in [6.07, 6.45) is 6.21. The number of hydrogen-bond acceptors (Lipinski definition) is 5.